The van der Waals surface area contributed by atoms with Crippen molar-refractivity contribution >= 4 is 17.4 Å². The van der Waals surface area contributed by atoms with Crippen LogP contribution in [0.4, 0.5) is 0 Å². The zero-order chi connectivity index (χ0) is 13.9. The fourth-order valence-corrected chi connectivity index (χ4v) is 2.76. The Labute approximate surface area is 120 Å². The van der Waals surface area contributed by atoms with Gasteiger partial charge in [-0.25, -0.2) is 0 Å². The Morgan fingerprint density at radius 3 is 2.32 bits per heavy atom. The molecule has 0 spiro atoms. The molecule has 1 aromatic carbocycles. The van der Waals surface area contributed by atoms with Crippen LogP contribution in [0.3, 0.4) is 0 Å². The summed E-state index contributed by atoms with van der Waals surface area (Å²) >= 11 is 5.87. The highest BCUT2D eigenvalue weighted by Gasteiger charge is 2.34. The third kappa shape index (κ3) is 3.58. The average Bonchev–Trinajstić information content (AvgIpc) is 2.42. The third-order valence-corrected chi connectivity index (χ3v) is 4.36. The highest BCUT2D eigenvalue weighted by atomic mass is 35.5. The molecule has 1 aliphatic rings. The molecule has 1 aliphatic heterocycles. The van der Waals surface area contributed by atoms with Gasteiger partial charge in [0.25, 0.3) is 0 Å². The van der Waals surface area contributed by atoms with Crippen molar-refractivity contribution in [3.8, 4) is 0 Å². The first-order valence-electron chi connectivity index (χ1n) is 7.03. The summed E-state index contributed by atoms with van der Waals surface area (Å²) in [6.07, 6.45) is 4.19. The predicted molar refractivity (Wildman–Crippen MR) is 79.7 cm³/mol. The Balaban J connectivity index is 2.03. The number of ketones is 1. The van der Waals surface area contributed by atoms with Crippen LogP contribution in [0.1, 0.15) is 38.7 Å². The van der Waals surface area contributed by atoms with E-state index in [1.165, 1.54) is 19.3 Å². The van der Waals surface area contributed by atoms with Gasteiger partial charge in [0.1, 0.15) is 0 Å². The number of hydrogen-bond acceptors (Lipinski definition) is 2. The molecule has 0 aromatic heterocycles. The van der Waals surface area contributed by atoms with E-state index in [9.17, 15) is 4.79 Å². The van der Waals surface area contributed by atoms with Crippen molar-refractivity contribution in [2.75, 3.05) is 13.1 Å². The second-order valence-corrected chi connectivity index (χ2v) is 6.27. The van der Waals surface area contributed by atoms with Crippen LogP contribution >= 0.6 is 11.6 Å². The van der Waals surface area contributed by atoms with Crippen LogP contribution in [0, 0.1) is 0 Å². The number of nitrogens with zero attached hydrogens (tertiary/aromatic N) is 1. The lowest BCUT2D eigenvalue weighted by molar-refractivity contribution is -0.129. The van der Waals surface area contributed by atoms with Gasteiger partial charge in [0.05, 0.1) is 5.54 Å². The van der Waals surface area contributed by atoms with E-state index in [1.54, 1.807) is 0 Å². The van der Waals surface area contributed by atoms with Crippen molar-refractivity contribution in [3.05, 3.63) is 34.9 Å². The maximum atomic E-state index is 12.5. The van der Waals surface area contributed by atoms with Gasteiger partial charge in [0, 0.05) is 11.4 Å². The standard InChI is InChI=1S/C16H22ClNO/c1-16(2,18-10-4-3-5-11-18)15(19)12-13-6-8-14(17)9-7-13/h6-9H,3-5,10-12H2,1-2H3. The fourth-order valence-electron chi connectivity index (χ4n) is 2.63. The highest BCUT2D eigenvalue weighted by Crippen LogP contribution is 2.23. The number of benzene rings is 1. The number of rotatable bonds is 4. The number of hydrogen-bond donors (Lipinski definition) is 0. The lowest BCUT2D eigenvalue weighted by atomic mass is 9.90. The van der Waals surface area contributed by atoms with E-state index in [1.807, 2.05) is 24.3 Å². The number of piperidine rings is 1. The second-order valence-electron chi connectivity index (χ2n) is 5.83. The van der Waals surface area contributed by atoms with E-state index >= 15 is 0 Å². The summed E-state index contributed by atoms with van der Waals surface area (Å²) in [7, 11) is 0. The van der Waals surface area contributed by atoms with Gasteiger partial charge in [-0.05, 0) is 57.5 Å². The largest absolute Gasteiger partial charge is 0.297 e. The molecule has 1 saturated heterocycles. The van der Waals surface area contributed by atoms with E-state index in [0.29, 0.717) is 11.4 Å². The lowest BCUT2D eigenvalue weighted by Crippen LogP contribution is -2.52. The Morgan fingerprint density at radius 2 is 1.74 bits per heavy atom. The minimum absolute atomic E-state index is 0.289. The van der Waals surface area contributed by atoms with Gasteiger partial charge < -0.3 is 0 Å². The van der Waals surface area contributed by atoms with Crippen molar-refractivity contribution in [2.24, 2.45) is 0 Å². The van der Waals surface area contributed by atoms with Crippen LogP contribution in [0.5, 0.6) is 0 Å². The Kier molecular flexibility index (Phi) is 4.64. The summed E-state index contributed by atoms with van der Waals surface area (Å²) in [6.45, 7) is 6.19. The van der Waals surface area contributed by atoms with Crippen molar-refractivity contribution < 1.29 is 4.79 Å². The molecule has 0 unspecified atom stereocenters. The minimum atomic E-state index is -0.361. The monoisotopic (exact) mass is 279 g/mol. The number of carbonyl (C=O) groups excluding carboxylic acids is 1. The molecule has 1 heterocycles. The van der Waals surface area contributed by atoms with Gasteiger partial charge >= 0.3 is 0 Å². The van der Waals surface area contributed by atoms with Crippen molar-refractivity contribution in [1.29, 1.82) is 0 Å². The minimum Gasteiger partial charge on any atom is -0.297 e. The summed E-state index contributed by atoms with van der Waals surface area (Å²) in [5.74, 6) is 0.289. The van der Waals surface area contributed by atoms with Crippen molar-refractivity contribution in [3.63, 3.8) is 0 Å². The van der Waals surface area contributed by atoms with E-state index in [0.717, 1.165) is 18.7 Å². The average molecular weight is 280 g/mol. The zero-order valence-corrected chi connectivity index (χ0v) is 12.5. The Bertz CT molecular complexity index is 433. The van der Waals surface area contributed by atoms with Crippen LogP contribution in [-0.2, 0) is 11.2 Å². The van der Waals surface area contributed by atoms with E-state index in [2.05, 4.69) is 18.7 Å². The molecule has 2 rings (SSSR count). The highest BCUT2D eigenvalue weighted by molar-refractivity contribution is 6.30. The quantitative estimate of drug-likeness (QED) is 0.837. The van der Waals surface area contributed by atoms with Gasteiger partial charge in [-0.3, -0.25) is 9.69 Å². The maximum absolute atomic E-state index is 12.5. The lowest BCUT2D eigenvalue weighted by Gasteiger charge is -2.39. The molecule has 2 nitrogen and oxygen atoms in total. The van der Waals surface area contributed by atoms with Crippen LogP contribution in [0.25, 0.3) is 0 Å². The Morgan fingerprint density at radius 1 is 1.16 bits per heavy atom. The first-order chi connectivity index (χ1) is 9.00. The van der Waals surface area contributed by atoms with Gasteiger partial charge in [-0.15, -0.1) is 0 Å². The molecule has 0 N–H and O–H groups in total. The molecule has 19 heavy (non-hydrogen) atoms. The van der Waals surface area contributed by atoms with Gasteiger partial charge in [0.2, 0.25) is 0 Å². The number of carbonyl (C=O) groups is 1. The zero-order valence-electron chi connectivity index (χ0n) is 11.8. The summed E-state index contributed by atoms with van der Waals surface area (Å²) in [5.41, 5.74) is 0.680. The summed E-state index contributed by atoms with van der Waals surface area (Å²) in [6, 6.07) is 7.56. The maximum Gasteiger partial charge on any atom is 0.156 e. The van der Waals surface area contributed by atoms with Gasteiger partial charge in [0.15, 0.2) is 5.78 Å². The fraction of sp³-hybridized carbons (Fsp3) is 0.562. The van der Waals surface area contributed by atoms with Crippen LogP contribution in [0.2, 0.25) is 5.02 Å². The molecular formula is C16H22ClNO. The smallest absolute Gasteiger partial charge is 0.156 e. The number of likely N-dealkylation sites (tertiary alicyclic amines) is 1. The molecule has 0 atom stereocenters. The van der Waals surface area contributed by atoms with Gasteiger partial charge in [-0.1, -0.05) is 30.2 Å². The molecule has 1 fully saturated rings. The number of Topliss-reactive ketones (excluding diaryl/α,β-unsaturated/α-hetero) is 1. The first-order valence-corrected chi connectivity index (χ1v) is 7.41. The normalized spacial score (nSPS) is 17.4. The van der Waals surface area contributed by atoms with Crippen LogP contribution in [0.15, 0.2) is 24.3 Å². The predicted octanol–water partition coefficient (Wildman–Crippen LogP) is 3.72. The summed E-state index contributed by atoms with van der Waals surface area (Å²) in [4.78, 5) is 14.9. The van der Waals surface area contributed by atoms with E-state index in [-0.39, 0.29) is 11.3 Å². The topological polar surface area (TPSA) is 20.3 Å². The van der Waals surface area contributed by atoms with E-state index in [4.69, 9.17) is 11.6 Å². The third-order valence-electron chi connectivity index (χ3n) is 4.11. The second kappa shape index (κ2) is 6.06. The molecular weight excluding hydrogens is 258 g/mol. The molecule has 0 radical (unpaired) electrons. The Hall–Kier alpha value is -0.860. The van der Waals surface area contributed by atoms with Crippen LogP contribution < -0.4 is 0 Å². The molecule has 104 valence electrons. The van der Waals surface area contributed by atoms with Crippen molar-refractivity contribution in [1.82, 2.24) is 4.90 Å². The van der Waals surface area contributed by atoms with Crippen molar-refractivity contribution in [2.45, 2.75) is 45.1 Å². The van der Waals surface area contributed by atoms with Crippen LogP contribution in [-0.4, -0.2) is 29.3 Å². The summed E-state index contributed by atoms with van der Waals surface area (Å²) in [5, 5.41) is 0.714. The number of halogens is 1. The molecule has 0 aliphatic carbocycles. The van der Waals surface area contributed by atoms with Gasteiger partial charge in [-0.2, -0.15) is 0 Å². The molecule has 0 amide bonds. The first kappa shape index (κ1) is 14.5. The molecule has 1 aromatic rings. The van der Waals surface area contributed by atoms with E-state index < -0.39 is 0 Å². The SMILES string of the molecule is CC(C)(C(=O)Cc1ccc(Cl)cc1)N1CCCCC1. The molecule has 0 bridgehead atoms. The molecule has 3 heteroatoms. The summed E-state index contributed by atoms with van der Waals surface area (Å²) < 4.78 is 0. The molecule has 0 saturated carbocycles.